The molecule has 5 aromatic carbocycles. The molecule has 7 heteroatoms. The van der Waals surface area contributed by atoms with E-state index in [-0.39, 0.29) is 39.2 Å². The maximum absolute atomic E-state index is 14.1. The first-order chi connectivity index (χ1) is 23.0. The molecule has 0 saturated carbocycles. The van der Waals surface area contributed by atoms with Crippen LogP contribution in [0.25, 0.3) is 11.3 Å². The second-order valence-electron chi connectivity index (χ2n) is 11.4. The van der Waals surface area contributed by atoms with Crippen LogP contribution in [0.1, 0.15) is 48.7 Å². The summed E-state index contributed by atoms with van der Waals surface area (Å²) in [7, 11) is 0. The van der Waals surface area contributed by atoms with Gasteiger partial charge in [0.25, 0.3) is 0 Å². The van der Waals surface area contributed by atoms with E-state index in [1.54, 1.807) is 30.3 Å². The van der Waals surface area contributed by atoms with E-state index in [9.17, 15) is 9.59 Å². The van der Waals surface area contributed by atoms with E-state index in [1.165, 1.54) is 4.46 Å². The van der Waals surface area contributed by atoms with Gasteiger partial charge in [-0.1, -0.05) is 17.7 Å². The van der Waals surface area contributed by atoms with E-state index in [0.717, 1.165) is 22.0 Å². The molecule has 1 aromatic heterocycles. The molecule has 47 heavy (non-hydrogen) atoms. The number of ether oxygens (including phenoxy) is 2. The molecule has 0 fully saturated rings. The van der Waals surface area contributed by atoms with Gasteiger partial charge in [-0.3, -0.25) is 0 Å². The Bertz CT molecular complexity index is 2020. The van der Waals surface area contributed by atoms with Crippen LogP contribution in [0.15, 0.2) is 132 Å². The van der Waals surface area contributed by atoms with Crippen LogP contribution >= 0.6 is 0 Å². The molecular formula is C40H31NO5Se. The Morgan fingerprint density at radius 3 is 2.06 bits per heavy atom. The molecule has 1 unspecified atom stereocenters. The molecule has 1 atom stereocenters. The van der Waals surface area contributed by atoms with Gasteiger partial charge in [-0.15, -0.1) is 0 Å². The monoisotopic (exact) mass is 685 g/mol. The van der Waals surface area contributed by atoms with E-state index in [0.29, 0.717) is 51.6 Å². The molecule has 1 aliphatic heterocycles. The van der Waals surface area contributed by atoms with Crippen molar-refractivity contribution in [1.29, 1.82) is 0 Å². The minimum Gasteiger partial charge on any atom is -0.0587 e. The summed E-state index contributed by atoms with van der Waals surface area (Å²) in [4.78, 5) is 28.1. The van der Waals surface area contributed by atoms with Crippen molar-refractivity contribution in [3.8, 4) is 22.8 Å². The van der Waals surface area contributed by atoms with E-state index < -0.39 is 0 Å². The second-order valence-corrected chi connectivity index (χ2v) is 13.7. The number of hydrogen-bond donors (Lipinski definition) is 0. The molecule has 0 spiro atoms. The molecule has 7 rings (SSSR count). The summed E-state index contributed by atoms with van der Waals surface area (Å²) < 4.78 is 20.0. The molecule has 0 saturated heterocycles. The quantitative estimate of drug-likeness (QED) is 0.104. The minimum absolute atomic E-state index is 0.0466. The first kappa shape index (κ1) is 30.4. The molecule has 0 radical (unpaired) electrons. The first-order valence-corrected chi connectivity index (χ1v) is 17.5. The van der Waals surface area contributed by atoms with Crippen LogP contribution < -0.4 is 13.9 Å². The number of hydrogen-bond acceptors (Lipinski definition) is 6. The van der Waals surface area contributed by atoms with Gasteiger partial charge >= 0.3 is 256 Å². The molecule has 0 bridgehead atoms. The third kappa shape index (κ3) is 6.68. The van der Waals surface area contributed by atoms with Crippen molar-refractivity contribution in [2.45, 2.75) is 31.4 Å². The third-order valence-corrected chi connectivity index (χ3v) is 10.4. The van der Waals surface area contributed by atoms with Crippen molar-refractivity contribution < 1.29 is 23.6 Å². The van der Waals surface area contributed by atoms with Crippen molar-refractivity contribution in [2.24, 2.45) is 0 Å². The Kier molecular flexibility index (Phi) is 8.83. The van der Waals surface area contributed by atoms with Gasteiger partial charge in [0.2, 0.25) is 0 Å². The number of rotatable bonds is 11. The van der Waals surface area contributed by atoms with Crippen LogP contribution in [0.5, 0.6) is 11.5 Å². The van der Waals surface area contributed by atoms with E-state index in [1.807, 2.05) is 91.9 Å². The minimum atomic E-state index is -0.236. The summed E-state index contributed by atoms with van der Waals surface area (Å²) in [6, 6.07) is 40.0. The molecule has 1 aliphatic rings. The molecule has 0 aliphatic carbocycles. The van der Waals surface area contributed by atoms with Gasteiger partial charge in [0.1, 0.15) is 0 Å². The number of benzene rings is 5. The van der Waals surface area contributed by atoms with Crippen molar-refractivity contribution in [1.82, 2.24) is 5.16 Å². The van der Waals surface area contributed by atoms with E-state index >= 15 is 0 Å². The summed E-state index contributed by atoms with van der Waals surface area (Å²) in [6.07, 6.45) is 0.338. The fourth-order valence-corrected chi connectivity index (χ4v) is 7.55. The standard InChI is InChI=1S/C40H31NO5Se/c1-26-17-19-27(20-18-26)36-22-30(46-41-36)24-44-39-33(37(42)28-11-5-2-6-12-28)23-34(38(43)29-13-7-3-8-14-29)40-35(39)21-31(45-40)25-47-32-15-9-4-10-16-32/h2-20,22-23,31H,21,24-25H2,1H3. The summed E-state index contributed by atoms with van der Waals surface area (Å²) in [5.74, 6) is 0.953. The fourth-order valence-electron chi connectivity index (χ4n) is 5.64. The van der Waals surface area contributed by atoms with Crippen LogP contribution in [0, 0.1) is 6.92 Å². The van der Waals surface area contributed by atoms with Crippen molar-refractivity contribution in [2.75, 3.05) is 0 Å². The van der Waals surface area contributed by atoms with Crippen molar-refractivity contribution >= 4 is 31.0 Å². The van der Waals surface area contributed by atoms with Gasteiger partial charge in [0.15, 0.2) is 0 Å². The summed E-state index contributed by atoms with van der Waals surface area (Å²) in [5, 5.41) is 5.05. The molecular weight excluding hydrogens is 653 g/mol. The van der Waals surface area contributed by atoms with Crippen LogP contribution in [-0.4, -0.2) is 37.8 Å². The number of aryl methyl sites for hydroxylation is 1. The smallest absolute Gasteiger partial charge is 0.0587 e. The van der Waals surface area contributed by atoms with Gasteiger partial charge < -0.3 is 0 Å². The summed E-state index contributed by atoms with van der Waals surface area (Å²) in [5.41, 5.74) is 5.20. The zero-order valence-electron chi connectivity index (χ0n) is 25.7. The van der Waals surface area contributed by atoms with Crippen molar-refractivity contribution in [3.05, 3.63) is 167 Å². The maximum atomic E-state index is 14.1. The van der Waals surface area contributed by atoms with Gasteiger partial charge in [-0.2, -0.15) is 0 Å². The zero-order valence-corrected chi connectivity index (χ0v) is 27.4. The summed E-state index contributed by atoms with van der Waals surface area (Å²) in [6.45, 7) is 2.08. The van der Waals surface area contributed by atoms with Crippen molar-refractivity contribution in [3.63, 3.8) is 0 Å². The number of nitrogens with zero attached hydrogens (tertiary/aromatic N) is 1. The number of carbonyl (C=O) groups is 2. The van der Waals surface area contributed by atoms with Crippen LogP contribution in [-0.2, 0) is 13.0 Å². The van der Waals surface area contributed by atoms with Gasteiger partial charge in [0, 0.05) is 0 Å². The van der Waals surface area contributed by atoms with E-state index in [2.05, 4.69) is 17.3 Å². The molecule has 0 N–H and O–H groups in total. The Hall–Kier alpha value is -5.23. The van der Waals surface area contributed by atoms with Gasteiger partial charge in [0.05, 0.1) is 0 Å². The van der Waals surface area contributed by atoms with E-state index in [4.69, 9.17) is 14.0 Å². The number of fused-ring (bicyclic) bond motifs is 1. The number of carbonyl (C=O) groups excluding carboxylic acids is 2. The second kappa shape index (κ2) is 13.6. The van der Waals surface area contributed by atoms with Crippen LogP contribution in [0.2, 0.25) is 5.32 Å². The Labute approximate surface area is 279 Å². The Balaban J connectivity index is 1.27. The van der Waals surface area contributed by atoms with Crippen LogP contribution in [0.4, 0.5) is 0 Å². The molecule has 232 valence electrons. The molecule has 6 nitrogen and oxygen atoms in total. The Morgan fingerprint density at radius 1 is 0.787 bits per heavy atom. The molecule has 2 heterocycles. The number of ketones is 2. The average molecular weight is 685 g/mol. The Morgan fingerprint density at radius 2 is 1.40 bits per heavy atom. The normalized spacial score (nSPS) is 13.5. The zero-order chi connectivity index (χ0) is 32.2. The topological polar surface area (TPSA) is 78.6 Å². The summed E-state index contributed by atoms with van der Waals surface area (Å²) >= 11 is 0.160. The predicted molar refractivity (Wildman–Crippen MR) is 182 cm³/mol. The molecule has 0 amide bonds. The van der Waals surface area contributed by atoms with Gasteiger partial charge in [-0.05, 0) is 6.92 Å². The fraction of sp³-hybridized carbons (Fsp3) is 0.125. The van der Waals surface area contributed by atoms with Crippen LogP contribution in [0.3, 0.4) is 0 Å². The third-order valence-electron chi connectivity index (χ3n) is 8.05. The van der Waals surface area contributed by atoms with Gasteiger partial charge in [-0.25, -0.2) is 0 Å². The first-order valence-electron chi connectivity index (χ1n) is 15.4. The SMILES string of the molecule is Cc1ccc(-c2cc(COc3c(C(=O)c4ccccc4)cc(C(=O)c4ccccc4)c4c3CC(C[Se]c3ccccc3)O4)on2)cc1. The number of aromatic nitrogens is 1. The molecule has 6 aromatic rings. The average Bonchev–Trinajstić information content (AvgIpc) is 3.78. The predicted octanol–water partition coefficient (Wildman–Crippen LogP) is 7.44.